The topological polar surface area (TPSA) is 58.4 Å². The third-order valence-corrected chi connectivity index (χ3v) is 17.8. The van der Waals surface area contributed by atoms with Crippen LogP contribution in [0.5, 0.6) is 0 Å². The highest BCUT2D eigenvalue weighted by Gasteiger charge is 2.26. The Bertz CT molecular complexity index is 5740. The summed E-state index contributed by atoms with van der Waals surface area (Å²) in [5.74, 6) is 1.77. The predicted molar refractivity (Wildman–Crippen MR) is 364 cm³/mol. The predicted octanol–water partition coefficient (Wildman–Crippen LogP) is 20.6. The summed E-state index contributed by atoms with van der Waals surface area (Å²) in [6, 6.07) is 111. The Balaban J connectivity index is 0.873. The second-order valence-corrected chi connectivity index (χ2v) is 22.7. The average molecular weight is 1120 g/mol. The van der Waals surface area contributed by atoms with Gasteiger partial charge in [-0.2, -0.15) is 0 Å². The molecule has 0 radical (unpaired) electrons. The number of benzene rings is 13. The third-order valence-electron chi connectivity index (χ3n) is 17.8. The van der Waals surface area contributed by atoms with Crippen LogP contribution >= 0.6 is 0 Å². The Labute approximate surface area is 506 Å². The maximum absolute atomic E-state index is 5.45. The maximum atomic E-state index is 5.45. The van der Waals surface area contributed by atoms with E-state index in [2.05, 4.69) is 291 Å². The lowest BCUT2D eigenvalue weighted by Crippen LogP contribution is -2.08. The molecule has 0 aliphatic heterocycles. The Hall–Kier alpha value is -11.9. The smallest absolute Gasteiger partial charge is 0.166 e. The van der Waals surface area contributed by atoms with Crippen molar-refractivity contribution in [3.8, 4) is 79.2 Å². The summed E-state index contributed by atoms with van der Waals surface area (Å²) in [6.07, 6.45) is 0. The van der Waals surface area contributed by atoms with Crippen LogP contribution in [0.4, 0.5) is 0 Å². The first kappa shape index (κ1) is 49.5. The number of hydrogen-bond donors (Lipinski definition) is 0. The zero-order valence-corrected chi connectivity index (χ0v) is 47.6. The first-order valence-electron chi connectivity index (χ1n) is 29.9. The van der Waals surface area contributed by atoms with Crippen molar-refractivity contribution in [2.45, 2.75) is 0 Å². The van der Waals surface area contributed by atoms with E-state index in [0.29, 0.717) is 17.5 Å². The van der Waals surface area contributed by atoms with Gasteiger partial charge in [0.05, 0.1) is 55.5 Å². The molecule has 0 bridgehead atoms. The quantitative estimate of drug-likeness (QED) is 0.145. The number of para-hydroxylation sites is 7. The summed E-state index contributed by atoms with van der Waals surface area (Å²) in [4.78, 5) is 16.1. The lowest BCUT2D eigenvalue weighted by molar-refractivity contribution is 1.05. The molecule has 0 N–H and O–H groups in total. The van der Waals surface area contributed by atoms with Crippen molar-refractivity contribution in [1.82, 2.24) is 33.2 Å². The van der Waals surface area contributed by atoms with Crippen LogP contribution in [0.3, 0.4) is 0 Å². The molecule has 410 valence electrons. The standard InChI is InChI=1S/C81H51N7/c1-5-22-52(23-6-1)79-82-80(53-24-7-2-8-25-53)84-81(83-79)64-34-21-39-77(87-71-37-19-15-32-62(71)67-50-56(42-46-75(67)87)54-40-44-73-65(48-54)60-30-13-17-35-69(60)85(73)58-26-9-3-10-27-58)78(64)88-72-38-20-16-33-63(72)68-51-57(43-47-76(68)88)55-41-45-74-66(49-55)61-31-14-18-36-70(61)86(74)59-28-11-4-12-29-59/h1-51H. The highest BCUT2D eigenvalue weighted by atomic mass is 15.1. The average Bonchev–Trinajstić information content (AvgIpc) is 2.06. The van der Waals surface area contributed by atoms with Crippen molar-refractivity contribution in [1.29, 1.82) is 0 Å². The van der Waals surface area contributed by atoms with Crippen molar-refractivity contribution in [2.24, 2.45) is 0 Å². The van der Waals surface area contributed by atoms with E-state index in [0.717, 1.165) is 105 Å². The first-order chi connectivity index (χ1) is 43.7. The van der Waals surface area contributed by atoms with E-state index in [9.17, 15) is 0 Å². The molecule has 0 saturated heterocycles. The number of hydrogen-bond acceptors (Lipinski definition) is 3. The van der Waals surface area contributed by atoms with Crippen molar-refractivity contribution in [3.63, 3.8) is 0 Å². The van der Waals surface area contributed by atoms with Crippen LogP contribution < -0.4 is 0 Å². The fourth-order valence-electron chi connectivity index (χ4n) is 13.9. The summed E-state index contributed by atoms with van der Waals surface area (Å²) >= 11 is 0. The highest BCUT2D eigenvalue weighted by molar-refractivity contribution is 6.16. The SMILES string of the molecule is c1ccc(-c2nc(-c3ccccc3)nc(-c3cccc(-n4c5ccccc5c5cc(-c6ccc7c(c6)c6ccccc6n7-c6ccccc6)ccc54)c3-n3c4ccccc4c4cc(-c5ccc6c(c5)c5ccccc5n6-c5ccccc5)ccc43)n2)cc1. The molecule has 5 heterocycles. The number of rotatable bonds is 9. The fourth-order valence-corrected chi connectivity index (χ4v) is 13.9. The zero-order valence-electron chi connectivity index (χ0n) is 47.6. The van der Waals surface area contributed by atoms with E-state index in [1.165, 1.54) is 43.6 Å². The van der Waals surface area contributed by atoms with Crippen LogP contribution in [0.2, 0.25) is 0 Å². The lowest BCUT2D eigenvalue weighted by atomic mass is 10.0. The largest absolute Gasteiger partial charge is 0.309 e. The van der Waals surface area contributed by atoms with Crippen molar-refractivity contribution in [3.05, 3.63) is 309 Å². The number of aromatic nitrogens is 7. The van der Waals surface area contributed by atoms with Crippen LogP contribution in [0.15, 0.2) is 309 Å². The fraction of sp³-hybridized carbons (Fsp3) is 0. The van der Waals surface area contributed by atoms with E-state index in [1.54, 1.807) is 0 Å². The molecule has 5 aromatic heterocycles. The van der Waals surface area contributed by atoms with E-state index in [-0.39, 0.29) is 0 Å². The summed E-state index contributed by atoms with van der Waals surface area (Å²) in [5, 5.41) is 9.48. The van der Waals surface area contributed by atoms with Gasteiger partial charge in [0.25, 0.3) is 0 Å². The summed E-state index contributed by atoms with van der Waals surface area (Å²) < 4.78 is 9.67. The van der Waals surface area contributed by atoms with Crippen molar-refractivity contribution in [2.75, 3.05) is 0 Å². The second kappa shape index (κ2) is 19.8. The third kappa shape index (κ3) is 7.74. The molecular formula is C81H51N7. The minimum absolute atomic E-state index is 0.571. The van der Waals surface area contributed by atoms with Gasteiger partial charge in [-0.15, -0.1) is 0 Å². The molecule has 13 aromatic carbocycles. The van der Waals surface area contributed by atoms with E-state index >= 15 is 0 Å². The Morgan fingerprint density at radius 3 is 0.909 bits per heavy atom. The molecule has 0 aliphatic rings. The molecule has 0 spiro atoms. The zero-order chi connectivity index (χ0) is 57.8. The minimum Gasteiger partial charge on any atom is -0.309 e. The van der Waals surface area contributed by atoms with Gasteiger partial charge < -0.3 is 18.3 Å². The minimum atomic E-state index is 0.571. The van der Waals surface area contributed by atoms with Crippen LogP contribution in [0, 0.1) is 0 Å². The van der Waals surface area contributed by atoms with Gasteiger partial charge in [-0.1, -0.05) is 200 Å². The molecule has 88 heavy (non-hydrogen) atoms. The first-order valence-corrected chi connectivity index (χ1v) is 29.9. The molecule has 0 unspecified atom stereocenters. The van der Waals surface area contributed by atoms with Gasteiger partial charge in [0.1, 0.15) is 0 Å². The van der Waals surface area contributed by atoms with Crippen molar-refractivity contribution >= 4 is 87.2 Å². The summed E-state index contributed by atoms with van der Waals surface area (Å²) in [5.41, 5.74) is 20.5. The number of nitrogens with zero attached hydrogens (tertiary/aromatic N) is 7. The molecule has 0 atom stereocenters. The van der Waals surface area contributed by atoms with Gasteiger partial charge in [-0.05, 0) is 131 Å². The van der Waals surface area contributed by atoms with Gasteiger partial charge in [0.2, 0.25) is 0 Å². The Kier molecular flexibility index (Phi) is 11.2. The molecule has 0 saturated carbocycles. The van der Waals surface area contributed by atoms with Gasteiger partial charge in [0.15, 0.2) is 17.5 Å². The van der Waals surface area contributed by atoms with Crippen LogP contribution in [0.1, 0.15) is 0 Å². The molecule has 0 fully saturated rings. The van der Waals surface area contributed by atoms with E-state index < -0.39 is 0 Å². The van der Waals surface area contributed by atoms with Crippen molar-refractivity contribution < 1.29 is 0 Å². The monoisotopic (exact) mass is 1120 g/mol. The molecule has 7 heteroatoms. The molecule has 18 aromatic rings. The highest BCUT2D eigenvalue weighted by Crippen LogP contribution is 2.45. The van der Waals surface area contributed by atoms with Crippen LogP contribution in [0.25, 0.3) is 166 Å². The summed E-state index contributed by atoms with van der Waals surface area (Å²) in [6.45, 7) is 0. The normalized spacial score (nSPS) is 11.9. The van der Waals surface area contributed by atoms with Gasteiger partial charge in [0, 0.05) is 71.2 Å². The van der Waals surface area contributed by atoms with Gasteiger partial charge in [-0.25, -0.2) is 15.0 Å². The molecule has 0 amide bonds. The second-order valence-electron chi connectivity index (χ2n) is 22.7. The molecular weight excluding hydrogens is 1070 g/mol. The van der Waals surface area contributed by atoms with Gasteiger partial charge in [-0.3, -0.25) is 0 Å². The Morgan fingerprint density at radius 1 is 0.193 bits per heavy atom. The molecule has 0 aliphatic carbocycles. The maximum Gasteiger partial charge on any atom is 0.166 e. The number of fused-ring (bicyclic) bond motifs is 12. The lowest BCUT2D eigenvalue weighted by Gasteiger charge is -2.20. The van der Waals surface area contributed by atoms with Crippen LogP contribution in [-0.2, 0) is 0 Å². The Morgan fingerprint density at radius 2 is 0.500 bits per heavy atom. The summed E-state index contributed by atoms with van der Waals surface area (Å²) in [7, 11) is 0. The van der Waals surface area contributed by atoms with Gasteiger partial charge >= 0.3 is 0 Å². The van der Waals surface area contributed by atoms with Crippen LogP contribution in [-0.4, -0.2) is 33.2 Å². The molecule has 18 rings (SSSR count). The van der Waals surface area contributed by atoms with E-state index in [1.807, 2.05) is 36.4 Å². The molecule has 7 nitrogen and oxygen atoms in total. The van der Waals surface area contributed by atoms with E-state index in [4.69, 9.17) is 15.0 Å².